The summed E-state index contributed by atoms with van der Waals surface area (Å²) in [4.78, 5) is 40.9. The highest BCUT2D eigenvalue weighted by atomic mass is 16.5. The first kappa shape index (κ1) is 41.1. The molecule has 0 bridgehead atoms. The number of aliphatic hydroxyl groups excluding tert-OH is 1. The molecule has 0 aromatic heterocycles. The van der Waals surface area contributed by atoms with E-state index >= 15 is 0 Å². The van der Waals surface area contributed by atoms with Gasteiger partial charge in [0.2, 0.25) is 0 Å². The first-order chi connectivity index (χ1) is 27.2. The molecule has 5 aromatic carbocycles. The Morgan fingerprint density at radius 3 is 2.00 bits per heavy atom. The summed E-state index contributed by atoms with van der Waals surface area (Å²) in [7, 11) is 0. The van der Waals surface area contributed by atoms with E-state index in [0.29, 0.717) is 31.7 Å². The zero-order valence-corrected chi connectivity index (χ0v) is 32.2. The number of ether oxygens (including phenoxy) is 2. The van der Waals surface area contributed by atoms with Crippen molar-refractivity contribution in [1.29, 1.82) is 0 Å². The number of aryl methyl sites for hydroxylation is 1. The summed E-state index contributed by atoms with van der Waals surface area (Å²) < 4.78 is 10.2. The summed E-state index contributed by atoms with van der Waals surface area (Å²) in [5.74, 6) is -0.668. The van der Waals surface area contributed by atoms with Crippen molar-refractivity contribution in [2.75, 3.05) is 37.6 Å². The third kappa shape index (κ3) is 12.5. The molecule has 0 aliphatic carbocycles. The van der Waals surface area contributed by atoms with Gasteiger partial charge < -0.3 is 24.8 Å². The number of anilines is 1. The van der Waals surface area contributed by atoms with Gasteiger partial charge in [-0.15, -0.1) is 0 Å². The van der Waals surface area contributed by atoms with Crippen molar-refractivity contribution in [3.63, 3.8) is 0 Å². The zero-order valence-electron chi connectivity index (χ0n) is 32.2. The lowest BCUT2D eigenvalue weighted by atomic mass is 9.98. The van der Waals surface area contributed by atoms with Gasteiger partial charge in [-0.1, -0.05) is 110 Å². The summed E-state index contributed by atoms with van der Waals surface area (Å²) in [5, 5.41) is 12.7. The molecule has 290 valence electrons. The molecule has 0 radical (unpaired) electrons. The number of nitrogens with zero attached hydrogens (tertiary/aromatic N) is 2. The number of benzene rings is 5. The zero-order chi connectivity index (χ0) is 39.7. The number of rotatable bonds is 14. The minimum absolute atomic E-state index is 0.000101. The van der Waals surface area contributed by atoms with Crippen molar-refractivity contribution < 1.29 is 29.0 Å². The molecular weight excluding hydrogens is 703 g/mol. The Hall–Kier alpha value is -6.03. The lowest BCUT2D eigenvalue weighted by Crippen LogP contribution is -2.47. The van der Waals surface area contributed by atoms with Gasteiger partial charge in [0.1, 0.15) is 13.2 Å². The molecule has 6 rings (SSSR count). The minimum atomic E-state index is -0.390. The summed E-state index contributed by atoms with van der Waals surface area (Å²) in [6.07, 6.45) is 1.53. The maximum atomic E-state index is 13.5. The maximum Gasteiger partial charge on any atom is 0.330 e. The molecule has 1 amide bonds. The van der Waals surface area contributed by atoms with Crippen LogP contribution in [0.3, 0.4) is 0 Å². The number of piperazine rings is 1. The van der Waals surface area contributed by atoms with E-state index in [9.17, 15) is 19.5 Å². The van der Waals surface area contributed by atoms with Crippen molar-refractivity contribution in [3.8, 4) is 11.1 Å². The average molecular weight is 754 g/mol. The molecule has 56 heavy (non-hydrogen) atoms. The van der Waals surface area contributed by atoms with Gasteiger partial charge in [0.25, 0.3) is 5.91 Å². The Kier molecular flexibility index (Phi) is 15.5. The van der Waals surface area contributed by atoms with E-state index in [2.05, 4.69) is 33.8 Å². The van der Waals surface area contributed by atoms with E-state index in [0.717, 1.165) is 76.9 Å². The number of esters is 2. The first-order valence-corrected chi connectivity index (χ1v) is 18.9. The number of carbonyl (C=O) groups is 3. The van der Waals surface area contributed by atoms with E-state index in [1.165, 1.54) is 0 Å². The summed E-state index contributed by atoms with van der Waals surface area (Å²) in [5.41, 5.74) is 8.55. The Morgan fingerprint density at radius 2 is 1.36 bits per heavy atom. The van der Waals surface area contributed by atoms with Crippen LogP contribution < -0.4 is 10.2 Å². The molecule has 9 heteroatoms. The van der Waals surface area contributed by atoms with Crippen molar-refractivity contribution in [3.05, 3.63) is 173 Å². The monoisotopic (exact) mass is 753 g/mol. The normalized spacial score (nSPS) is 13.1. The second-order valence-electron chi connectivity index (χ2n) is 13.7. The third-order valence-corrected chi connectivity index (χ3v) is 9.65. The Labute approximate surface area is 330 Å². The number of hydrogen-bond acceptors (Lipinski definition) is 8. The molecule has 2 N–H and O–H groups in total. The molecule has 9 nitrogen and oxygen atoms in total. The molecule has 1 saturated heterocycles. The molecule has 0 saturated carbocycles. The smallest absolute Gasteiger partial charge is 0.330 e. The van der Waals surface area contributed by atoms with Crippen LogP contribution in [0.15, 0.2) is 140 Å². The molecule has 5 aromatic rings. The van der Waals surface area contributed by atoms with Crippen molar-refractivity contribution >= 4 is 23.5 Å². The van der Waals surface area contributed by atoms with Crippen LogP contribution in [-0.4, -0.2) is 60.6 Å². The number of aliphatic hydroxyl groups is 1. The minimum Gasteiger partial charge on any atom is -0.461 e. The predicted molar refractivity (Wildman–Crippen MR) is 221 cm³/mol. The Morgan fingerprint density at radius 1 is 0.750 bits per heavy atom. The largest absolute Gasteiger partial charge is 0.461 e. The fourth-order valence-corrected chi connectivity index (χ4v) is 6.32. The van der Waals surface area contributed by atoms with Gasteiger partial charge in [-0.05, 0) is 77.1 Å². The summed E-state index contributed by atoms with van der Waals surface area (Å²) in [6, 6.07) is 41.1. The van der Waals surface area contributed by atoms with E-state index in [1.807, 2.05) is 129 Å². The van der Waals surface area contributed by atoms with E-state index in [1.54, 1.807) is 0 Å². The molecule has 1 aliphatic rings. The quantitative estimate of drug-likeness (QED) is 0.0874. The van der Waals surface area contributed by atoms with Gasteiger partial charge in [0.15, 0.2) is 0 Å². The third-order valence-electron chi connectivity index (χ3n) is 9.65. The highest BCUT2D eigenvalue weighted by Crippen LogP contribution is 2.26. The van der Waals surface area contributed by atoms with Crippen LogP contribution >= 0.6 is 0 Å². The SMILES string of the molecule is C=CC(=O)OCc1ccccc1.Cc1ccc(N2CCN(CCC(=O)OCc3ccccc3)CC2)cc1C(=O)N[C@H](C)c1cccc(-c2cccc(CO)c2)c1. The standard InChI is InChI=1S/C37H41N3O4.C10H10O2/c1-27-14-15-34(40-20-18-39(19-21-40)17-16-36(42)44-26-29-8-4-3-5-9-29)24-35(27)37(43)38-28(2)31-11-7-13-33(23-31)32-12-6-10-30(22-32)25-41;1-2-10(11)12-8-9-6-4-3-5-7-9/h3-15,22-24,28,41H,16-21,25-26H2,1-2H3,(H,38,43);2-7H,1,8H2/t28-;/m1./s1. The second-order valence-corrected chi connectivity index (χ2v) is 13.7. The fourth-order valence-electron chi connectivity index (χ4n) is 6.32. The van der Waals surface area contributed by atoms with Crippen LogP contribution in [0.25, 0.3) is 11.1 Å². The van der Waals surface area contributed by atoms with Gasteiger partial charge in [0, 0.05) is 50.1 Å². The lowest BCUT2D eigenvalue weighted by Gasteiger charge is -2.36. The van der Waals surface area contributed by atoms with Crippen molar-refractivity contribution in [2.24, 2.45) is 0 Å². The van der Waals surface area contributed by atoms with Crippen molar-refractivity contribution in [1.82, 2.24) is 10.2 Å². The molecular formula is C47H51N3O6. The van der Waals surface area contributed by atoms with Gasteiger partial charge in [-0.2, -0.15) is 0 Å². The second kappa shape index (κ2) is 21.2. The fraction of sp³-hybridized carbons (Fsp3) is 0.255. The highest BCUT2D eigenvalue weighted by Gasteiger charge is 2.21. The maximum absolute atomic E-state index is 13.5. The number of nitrogens with one attached hydrogen (secondary N) is 1. The van der Waals surface area contributed by atoms with E-state index < -0.39 is 0 Å². The lowest BCUT2D eigenvalue weighted by molar-refractivity contribution is -0.145. The van der Waals surface area contributed by atoms with Crippen LogP contribution in [0.5, 0.6) is 0 Å². The molecule has 0 spiro atoms. The molecule has 0 unspecified atom stereocenters. The van der Waals surface area contributed by atoms with Crippen molar-refractivity contribution in [2.45, 2.75) is 46.1 Å². The van der Waals surface area contributed by atoms with Crippen LogP contribution in [0.2, 0.25) is 0 Å². The van der Waals surface area contributed by atoms with Gasteiger partial charge in [0.05, 0.1) is 19.1 Å². The molecule has 1 fully saturated rings. The molecule has 1 aliphatic heterocycles. The Balaban J connectivity index is 0.000000427. The van der Waals surface area contributed by atoms with Crippen LogP contribution in [-0.2, 0) is 38.9 Å². The van der Waals surface area contributed by atoms with Gasteiger partial charge in [-0.25, -0.2) is 4.79 Å². The van der Waals surface area contributed by atoms with Gasteiger partial charge in [-0.3, -0.25) is 14.5 Å². The number of hydrogen-bond donors (Lipinski definition) is 2. The predicted octanol–water partition coefficient (Wildman–Crippen LogP) is 7.82. The highest BCUT2D eigenvalue weighted by molar-refractivity contribution is 5.97. The molecule has 1 heterocycles. The summed E-state index contributed by atoms with van der Waals surface area (Å²) >= 11 is 0. The van der Waals surface area contributed by atoms with Crippen LogP contribution in [0.1, 0.15) is 57.6 Å². The van der Waals surface area contributed by atoms with E-state index in [4.69, 9.17) is 9.47 Å². The van der Waals surface area contributed by atoms with Crippen LogP contribution in [0, 0.1) is 6.92 Å². The molecule has 1 atom stereocenters. The van der Waals surface area contributed by atoms with E-state index in [-0.39, 0.29) is 30.5 Å². The van der Waals surface area contributed by atoms with Crippen LogP contribution in [0.4, 0.5) is 5.69 Å². The topological polar surface area (TPSA) is 108 Å². The average Bonchev–Trinajstić information content (AvgIpc) is 3.25. The Bertz CT molecular complexity index is 2040. The first-order valence-electron chi connectivity index (χ1n) is 18.9. The van der Waals surface area contributed by atoms with Gasteiger partial charge >= 0.3 is 11.9 Å². The summed E-state index contributed by atoms with van der Waals surface area (Å²) in [6.45, 7) is 11.9. The number of amides is 1. The number of carbonyl (C=O) groups excluding carboxylic acids is 3.